The maximum atomic E-state index is 5.47. The van der Waals surface area contributed by atoms with E-state index in [2.05, 4.69) is 62.6 Å². The number of fused-ring (bicyclic) bond motifs is 3. The molecule has 0 atom stereocenters. The number of methoxy groups -OCH3 is 2. The highest BCUT2D eigenvalue weighted by Gasteiger charge is 2.49. The highest BCUT2D eigenvalue weighted by atomic mass is 29.3. The molecule has 116 valence electrons. The Balaban J connectivity index is 2.37. The molecule has 0 aromatic heterocycles. The van der Waals surface area contributed by atoms with Gasteiger partial charge in [0.2, 0.25) is 0 Å². The molecule has 0 aliphatic carbocycles. The molecule has 0 spiro atoms. The fourth-order valence-corrected chi connectivity index (χ4v) is 13.0. The van der Waals surface area contributed by atoms with Crippen LogP contribution in [-0.2, 0) is 0 Å². The van der Waals surface area contributed by atoms with Crippen LogP contribution in [0.15, 0.2) is 36.4 Å². The molecule has 2 nitrogen and oxygen atoms in total. The van der Waals surface area contributed by atoms with Gasteiger partial charge in [0.1, 0.15) is 11.5 Å². The van der Waals surface area contributed by atoms with Gasteiger partial charge in [0.05, 0.1) is 29.4 Å². The molecule has 0 radical (unpaired) electrons. The molecule has 0 saturated carbocycles. The van der Waals surface area contributed by atoms with Gasteiger partial charge in [-0.05, 0) is 35.4 Å². The molecule has 0 unspecified atom stereocenters. The molecule has 0 fully saturated rings. The summed E-state index contributed by atoms with van der Waals surface area (Å²) in [6.45, 7) is 10.1. The van der Waals surface area contributed by atoms with Crippen molar-refractivity contribution < 1.29 is 9.47 Å². The van der Waals surface area contributed by atoms with Gasteiger partial charge in [-0.3, -0.25) is 0 Å². The second-order valence-electron chi connectivity index (χ2n) is 7.07. The zero-order chi connectivity index (χ0) is 16.1. The predicted octanol–water partition coefficient (Wildman–Crippen LogP) is 3.29. The van der Waals surface area contributed by atoms with E-state index in [-0.39, 0.29) is 0 Å². The summed E-state index contributed by atoms with van der Waals surface area (Å²) >= 11 is 0. The predicted molar refractivity (Wildman–Crippen MR) is 99.2 cm³/mol. The lowest BCUT2D eigenvalue weighted by atomic mass is 10.0. The number of benzene rings is 2. The van der Waals surface area contributed by atoms with Gasteiger partial charge >= 0.3 is 0 Å². The molecular weight excluding hydrogens is 304 g/mol. The first-order valence-electron chi connectivity index (χ1n) is 7.70. The summed E-state index contributed by atoms with van der Waals surface area (Å²) in [5, 5.41) is 3.12. The summed E-state index contributed by atoms with van der Waals surface area (Å²) in [6.07, 6.45) is 0. The van der Waals surface area contributed by atoms with Crippen molar-refractivity contribution in [3.8, 4) is 22.6 Å². The summed E-state index contributed by atoms with van der Waals surface area (Å²) in [5.74, 6) is 1.86. The third-order valence-electron chi connectivity index (χ3n) is 5.65. The van der Waals surface area contributed by atoms with E-state index in [4.69, 9.17) is 9.47 Å². The lowest BCUT2D eigenvalue weighted by Gasteiger charge is -2.45. The molecule has 1 heterocycles. The van der Waals surface area contributed by atoms with Gasteiger partial charge < -0.3 is 9.47 Å². The van der Waals surface area contributed by atoms with Gasteiger partial charge in [0, 0.05) is 0 Å². The third kappa shape index (κ3) is 1.97. The molecule has 0 amide bonds. The smallest absolute Gasteiger partial charge is 0.119 e. The molecular formula is C18H24O2Si2. The minimum absolute atomic E-state index is 0.929. The molecule has 1 aliphatic rings. The van der Waals surface area contributed by atoms with Crippen LogP contribution in [0.2, 0.25) is 26.2 Å². The zero-order valence-corrected chi connectivity index (χ0v) is 16.3. The van der Waals surface area contributed by atoms with E-state index in [1.165, 1.54) is 11.1 Å². The summed E-state index contributed by atoms with van der Waals surface area (Å²) in [5.41, 5.74) is 2.69. The Labute approximate surface area is 134 Å². The molecule has 0 bridgehead atoms. The first-order chi connectivity index (χ1) is 10.3. The fourth-order valence-electron chi connectivity index (χ4n) is 3.51. The molecule has 0 N–H and O–H groups in total. The number of rotatable bonds is 2. The van der Waals surface area contributed by atoms with Gasteiger partial charge in [-0.25, -0.2) is 0 Å². The third-order valence-corrected chi connectivity index (χ3v) is 23.3. The van der Waals surface area contributed by atoms with Crippen molar-refractivity contribution in [2.24, 2.45) is 0 Å². The van der Waals surface area contributed by atoms with Crippen molar-refractivity contribution in [1.29, 1.82) is 0 Å². The van der Waals surface area contributed by atoms with Crippen LogP contribution >= 0.6 is 0 Å². The SMILES string of the molecule is COc1ccc2c(c1)-c1cc(OC)ccc1[Si](C)(C)[Si]2(C)C. The fraction of sp³-hybridized carbons (Fsp3) is 0.333. The second-order valence-corrected chi connectivity index (χ2v) is 22.2. The molecule has 22 heavy (non-hydrogen) atoms. The minimum Gasteiger partial charge on any atom is -0.497 e. The quantitative estimate of drug-likeness (QED) is 0.788. The van der Waals surface area contributed by atoms with Crippen molar-refractivity contribution >= 4 is 25.6 Å². The highest BCUT2D eigenvalue weighted by molar-refractivity contribution is 7.50. The van der Waals surface area contributed by atoms with Crippen LogP contribution in [-0.4, -0.2) is 29.4 Å². The Bertz CT molecular complexity index is 672. The van der Waals surface area contributed by atoms with E-state index in [9.17, 15) is 0 Å². The first kappa shape index (κ1) is 15.4. The first-order valence-corrected chi connectivity index (χ1v) is 14.7. The number of hydrogen-bond donors (Lipinski definition) is 0. The summed E-state index contributed by atoms with van der Waals surface area (Å²) in [7, 11) is 0.447. The Morgan fingerprint density at radius 3 is 1.32 bits per heavy atom. The Morgan fingerprint density at radius 2 is 1.00 bits per heavy atom. The van der Waals surface area contributed by atoms with Gasteiger partial charge in [-0.15, -0.1) is 0 Å². The van der Waals surface area contributed by atoms with E-state index in [1.54, 1.807) is 24.6 Å². The van der Waals surface area contributed by atoms with Crippen LogP contribution in [0.1, 0.15) is 0 Å². The number of hydrogen-bond acceptors (Lipinski definition) is 2. The van der Waals surface area contributed by atoms with Crippen LogP contribution in [0.25, 0.3) is 11.1 Å². The van der Waals surface area contributed by atoms with Crippen LogP contribution < -0.4 is 19.8 Å². The van der Waals surface area contributed by atoms with Gasteiger partial charge in [-0.2, -0.15) is 0 Å². The largest absolute Gasteiger partial charge is 0.497 e. The summed E-state index contributed by atoms with van der Waals surface area (Å²) in [4.78, 5) is 0. The summed E-state index contributed by atoms with van der Waals surface area (Å²) in [6, 6.07) is 13.2. The van der Waals surface area contributed by atoms with E-state index in [0.29, 0.717) is 0 Å². The van der Waals surface area contributed by atoms with Crippen molar-refractivity contribution in [3.05, 3.63) is 36.4 Å². The van der Waals surface area contributed by atoms with Crippen LogP contribution in [0.5, 0.6) is 11.5 Å². The van der Waals surface area contributed by atoms with Gasteiger partial charge in [0.15, 0.2) is 0 Å². The maximum Gasteiger partial charge on any atom is 0.119 e. The molecule has 2 aromatic carbocycles. The Hall–Kier alpha value is -1.53. The molecule has 3 rings (SSSR count). The summed E-state index contributed by atoms with van der Waals surface area (Å²) < 4.78 is 10.9. The zero-order valence-electron chi connectivity index (χ0n) is 14.3. The lowest BCUT2D eigenvalue weighted by molar-refractivity contribution is 0.414. The molecule has 1 aliphatic heterocycles. The van der Waals surface area contributed by atoms with E-state index >= 15 is 0 Å². The topological polar surface area (TPSA) is 18.5 Å². The Morgan fingerprint density at radius 1 is 0.636 bits per heavy atom. The number of ether oxygens (including phenoxy) is 2. The van der Waals surface area contributed by atoms with Gasteiger partial charge in [0.25, 0.3) is 0 Å². The van der Waals surface area contributed by atoms with Crippen molar-refractivity contribution in [2.45, 2.75) is 26.2 Å². The van der Waals surface area contributed by atoms with E-state index < -0.39 is 15.2 Å². The van der Waals surface area contributed by atoms with Crippen LogP contribution in [0.4, 0.5) is 0 Å². The monoisotopic (exact) mass is 328 g/mol. The van der Waals surface area contributed by atoms with Crippen LogP contribution in [0.3, 0.4) is 0 Å². The highest BCUT2D eigenvalue weighted by Crippen LogP contribution is 2.35. The second kappa shape index (κ2) is 5.00. The van der Waals surface area contributed by atoms with E-state index in [0.717, 1.165) is 11.5 Å². The lowest BCUT2D eigenvalue weighted by Crippen LogP contribution is -2.72. The maximum absolute atomic E-state index is 5.47. The molecule has 0 saturated heterocycles. The van der Waals surface area contributed by atoms with Crippen molar-refractivity contribution in [2.75, 3.05) is 14.2 Å². The van der Waals surface area contributed by atoms with Crippen molar-refractivity contribution in [3.63, 3.8) is 0 Å². The Kier molecular flexibility index (Phi) is 3.49. The normalized spacial score (nSPS) is 17.4. The molecule has 2 aromatic rings. The average molecular weight is 329 g/mol. The van der Waals surface area contributed by atoms with Gasteiger partial charge in [-0.1, -0.05) is 48.7 Å². The average Bonchev–Trinajstić information content (AvgIpc) is 2.52. The standard InChI is InChI=1S/C18H24O2Si2/c1-19-13-7-9-17-15(11-13)16-12-14(20-2)8-10-18(16)22(5,6)21(17,3)4/h7-12H,1-6H3. The minimum atomic E-state index is -1.51. The van der Waals surface area contributed by atoms with Crippen molar-refractivity contribution in [1.82, 2.24) is 0 Å². The van der Waals surface area contributed by atoms with Crippen LogP contribution in [0, 0.1) is 0 Å². The van der Waals surface area contributed by atoms with E-state index in [1.807, 2.05) is 0 Å². The molecule has 4 heteroatoms.